The van der Waals surface area contributed by atoms with Crippen LogP contribution in [-0.4, -0.2) is 49.8 Å². The fraction of sp³-hybridized carbons (Fsp3) is 0.571. The average molecular weight is 280 g/mol. The van der Waals surface area contributed by atoms with Gasteiger partial charge in [0.05, 0.1) is 4.90 Å². The topological polar surface area (TPSA) is 40.6 Å². The van der Waals surface area contributed by atoms with Crippen molar-refractivity contribution in [3.8, 4) is 0 Å². The second kappa shape index (κ2) is 4.89. The van der Waals surface area contributed by atoms with Crippen molar-refractivity contribution in [2.24, 2.45) is 0 Å². The molecule has 0 bridgehead atoms. The molecule has 1 aliphatic heterocycles. The molecule has 0 unspecified atom stereocenters. The molecule has 0 amide bonds. The minimum Gasteiger partial charge on any atom is -0.298 e. The van der Waals surface area contributed by atoms with Gasteiger partial charge in [-0.15, -0.1) is 0 Å². The van der Waals surface area contributed by atoms with Crippen molar-refractivity contribution < 1.29 is 8.42 Å². The molecule has 4 nitrogen and oxygen atoms in total. The first kappa shape index (κ1) is 13.1. The van der Waals surface area contributed by atoms with Crippen LogP contribution in [0.3, 0.4) is 0 Å². The summed E-state index contributed by atoms with van der Waals surface area (Å²) in [6.45, 7) is 4.83. The van der Waals surface area contributed by atoms with Crippen LogP contribution in [0.15, 0.2) is 29.2 Å². The van der Waals surface area contributed by atoms with Gasteiger partial charge in [-0.05, 0) is 31.4 Å². The number of sulfonamides is 1. The van der Waals surface area contributed by atoms with E-state index in [2.05, 4.69) is 4.90 Å². The number of benzene rings is 1. The van der Waals surface area contributed by atoms with Gasteiger partial charge >= 0.3 is 0 Å². The van der Waals surface area contributed by atoms with Crippen LogP contribution in [0, 0.1) is 6.92 Å². The van der Waals surface area contributed by atoms with Crippen molar-refractivity contribution in [2.45, 2.75) is 30.7 Å². The van der Waals surface area contributed by atoms with E-state index in [-0.39, 0.29) is 0 Å². The third-order valence-corrected chi connectivity index (χ3v) is 6.11. The van der Waals surface area contributed by atoms with Gasteiger partial charge in [0.25, 0.3) is 0 Å². The molecular weight excluding hydrogens is 260 g/mol. The summed E-state index contributed by atoms with van der Waals surface area (Å²) in [5.74, 6) is 0. The molecule has 1 aromatic rings. The molecule has 2 aliphatic rings. The Balaban J connectivity index is 1.76. The third-order valence-electron chi connectivity index (χ3n) is 4.05. The molecule has 1 aromatic carbocycles. The molecule has 0 atom stereocenters. The largest absolute Gasteiger partial charge is 0.298 e. The van der Waals surface area contributed by atoms with E-state index in [1.807, 2.05) is 19.1 Å². The second-order valence-electron chi connectivity index (χ2n) is 5.44. The maximum atomic E-state index is 12.6. The van der Waals surface area contributed by atoms with Crippen LogP contribution < -0.4 is 0 Å². The zero-order valence-corrected chi connectivity index (χ0v) is 12.1. The first-order valence-corrected chi connectivity index (χ1v) is 8.33. The van der Waals surface area contributed by atoms with Crippen LogP contribution in [0.1, 0.15) is 18.4 Å². The summed E-state index contributed by atoms with van der Waals surface area (Å²) in [6, 6.07) is 7.95. The van der Waals surface area contributed by atoms with E-state index < -0.39 is 10.0 Å². The van der Waals surface area contributed by atoms with Crippen LogP contribution in [0.25, 0.3) is 0 Å². The van der Waals surface area contributed by atoms with Crippen LogP contribution in [-0.2, 0) is 10.0 Å². The second-order valence-corrected chi connectivity index (χ2v) is 7.34. The Morgan fingerprint density at radius 1 is 1.05 bits per heavy atom. The molecule has 104 valence electrons. The zero-order valence-electron chi connectivity index (χ0n) is 11.2. The lowest BCUT2D eigenvalue weighted by molar-refractivity contribution is 0.180. The van der Waals surface area contributed by atoms with E-state index in [1.165, 1.54) is 12.8 Å². The van der Waals surface area contributed by atoms with E-state index >= 15 is 0 Å². The quantitative estimate of drug-likeness (QED) is 0.842. The molecule has 3 rings (SSSR count). The number of nitrogens with zero attached hydrogens (tertiary/aromatic N) is 2. The number of aryl methyl sites for hydroxylation is 1. The summed E-state index contributed by atoms with van der Waals surface area (Å²) in [6.07, 6.45) is 2.56. The SMILES string of the molecule is Cc1ccccc1S(=O)(=O)N1CCN(C2CC2)CC1. The van der Waals surface area contributed by atoms with Crippen molar-refractivity contribution in [1.82, 2.24) is 9.21 Å². The Kier molecular flexibility index (Phi) is 3.37. The van der Waals surface area contributed by atoms with Crippen molar-refractivity contribution in [1.29, 1.82) is 0 Å². The standard InChI is InChI=1S/C14H20N2O2S/c1-12-4-2-3-5-14(12)19(17,18)16-10-8-15(9-11-16)13-6-7-13/h2-5,13H,6-11H2,1H3. The van der Waals surface area contributed by atoms with Gasteiger partial charge in [0.2, 0.25) is 10.0 Å². The highest BCUT2D eigenvalue weighted by atomic mass is 32.2. The van der Waals surface area contributed by atoms with E-state index in [0.717, 1.165) is 24.7 Å². The van der Waals surface area contributed by atoms with Gasteiger partial charge in [0.1, 0.15) is 0 Å². The number of rotatable bonds is 3. The molecule has 19 heavy (non-hydrogen) atoms. The lowest BCUT2D eigenvalue weighted by Gasteiger charge is -2.34. The molecule has 0 radical (unpaired) electrons. The smallest absolute Gasteiger partial charge is 0.243 e. The summed E-state index contributed by atoms with van der Waals surface area (Å²) >= 11 is 0. The molecule has 5 heteroatoms. The summed E-state index contributed by atoms with van der Waals surface area (Å²) < 4.78 is 26.8. The Morgan fingerprint density at radius 2 is 1.68 bits per heavy atom. The minimum absolute atomic E-state index is 0.454. The Bertz CT molecular complexity index is 559. The Labute approximate surface area is 115 Å². The molecule has 0 aromatic heterocycles. The fourth-order valence-electron chi connectivity index (χ4n) is 2.73. The minimum atomic E-state index is -3.31. The van der Waals surface area contributed by atoms with Gasteiger partial charge in [-0.2, -0.15) is 4.31 Å². The number of hydrogen-bond acceptors (Lipinski definition) is 3. The summed E-state index contributed by atoms with van der Waals surface area (Å²) in [4.78, 5) is 2.87. The number of piperazine rings is 1. The maximum Gasteiger partial charge on any atom is 0.243 e. The van der Waals surface area contributed by atoms with E-state index in [1.54, 1.807) is 16.4 Å². The van der Waals surface area contributed by atoms with Gasteiger partial charge < -0.3 is 0 Å². The van der Waals surface area contributed by atoms with Gasteiger partial charge in [-0.1, -0.05) is 18.2 Å². The summed E-state index contributed by atoms with van der Waals surface area (Å²) in [7, 11) is -3.31. The van der Waals surface area contributed by atoms with Crippen LogP contribution in [0.2, 0.25) is 0 Å². The predicted octanol–water partition coefficient (Wildman–Crippen LogP) is 1.46. The highest BCUT2D eigenvalue weighted by Crippen LogP contribution is 2.29. The first-order valence-electron chi connectivity index (χ1n) is 6.89. The molecule has 0 spiro atoms. The highest BCUT2D eigenvalue weighted by molar-refractivity contribution is 7.89. The lowest BCUT2D eigenvalue weighted by Crippen LogP contribution is -2.49. The monoisotopic (exact) mass is 280 g/mol. The van der Waals surface area contributed by atoms with Crippen LogP contribution in [0.5, 0.6) is 0 Å². The van der Waals surface area contributed by atoms with Gasteiger partial charge in [-0.3, -0.25) is 4.90 Å². The third kappa shape index (κ3) is 2.55. The van der Waals surface area contributed by atoms with Gasteiger partial charge in [0.15, 0.2) is 0 Å². The van der Waals surface area contributed by atoms with Crippen LogP contribution >= 0.6 is 0 Å². The molecule has 1 heterocycles. The normalized spacial score (nSPS) is 22.6. The van der Waals surface area contributed by atoms with E-state index in [4.69, 9.17) is 0 Å². The molecule has 1 saturated heterocycles. The summed E-state index contributed by atoms with van der Waals surface area (Å²) in [5, 5.41) is 0. The highest BCUT2D eigenvalue weighted by Gasteiger charge is 2.35. The molecule has 1 saturated carbocycles. The van der Waals surface area contributed by atoms with E-state index in [9.17, 15) is 8.42 Å². The fourth-order valence-corrected chi connectivity index (χ4v) is 4.38. The van der Waals surface area contributed by atoms with Crippen molar-refractivity contribution in [3.05, 3.63) is 29.8 Å². The maximum absolute atomic E-state index is 12.6. The van der Waals surface area contributed by atoms with E-state index in [0.29, 0.717) is 18.0 Å². The first-order chi connectivity index (χ1) is 9.09. The zero-order chi connectivity index (χ0) is 13.5. The molecular formula is C14H20N2O2S. The molecule has 0 N–H and O–H groups in total. The Morgan fingerprint density at radius 3 is 2.26 bits per heavy atom. The number of hydrogen-bond donors (Lipinski definition) is 0. The predicted molar refractivity (Wildman–Crippen MR) is 74.5 cm³/mol. The molecule has 1 aliphatic carbocycles. The lowest BCUT2D eigenvalue weighted by atomic mass is 10.2. The Hall–Kier alpha value is -0.910. The molecule has 2 fully saturated rings. The van der Waals surface area contributed by atoms with Gasteiger partial charge in [-0.25, -0.2) is 8.42 Å². The van der Waals surface area contributed by atoms with Gasteiger partial charge in [0, 0.05) is 32.2 Å². The average Bonchev–Trinajstić information content (AvgIpc) is 3.23. The van der Waals surface area contributed by atoms with Crippen molar-refractivity contribution in [2.75, 3.05) is 26.2 Å². The summed E-state index contributed by atoms with van der Waals surface area (Å²) in [5.41, 5.74) is 0.826. The van der Waals surface area contributed by atoms with Crippen molar-refractivity contribution >= 4 is 10.0 Å². The van der Waals surface area contributed by atoms with Crippen molar-refractivity contribution in [3.63, 3.8) is 0 Å². The van der Waals surface area contributed by atoms with Crippen LogP contribution in [0.4, 0.5) is 0 Å².